The van der Waals surface area contributed by atoms with E-state index in [2.05, 4.69) is 24.5 Å². The molecule has 1 aliphatic rings. The fourth-order valence-electron chi connectivity index (χ4n) is 1.06. The molecule has 0 amide bonds. The molecule has 1 saturated heterocycles. The van der Waals surface area contributed by atoms with Gasteiger partial charge in [-0.25, -0.2) is 0 Å². The van der Waals surface area contributed by atoms with Gasteiger partial charge < -0.3 is 16.5 Å². The Kier molecular flexibility index (Phi) is 4.86. The summed E-state index contributed by atoms with van der Waals surface area (Å²) in [5.74, 6) is -4.05. The molecule has 0 aliphatic carbocycles. The van der Waals surface area contributed by atoms with Crippen molar-refractivity contribution in [2.24, 2.45) is 0 Å². The standard InChI is InChI=1S/2C5H6O4.Al/c2*1-3(5(8)9)2-4(6)7;/h2*1-2H2,(H,6,7)(H,8,9);/q;;+3/p-3. The maximum absolute atomic E-state index is 11.4. The van der Waals surface area contributed by atoms with Gasteiger partial charge in [-0.2, -0.15) is 0 Å². The molecule has 0 radical (unpaired) electrons. The van der Waals surface area contributed by atoms with Crippen molar-refractivity contribution in [2.75, 3.05) is 0 Å². The van der Waals surface area contributed by atoms with Crippen LogP contribution in [0.3, 0.4) is 0 Å². The molecule has 1 aliphatic heterocycles. The van der Waals surface area contributed by atoms with E-state index < -0.39 is 45.4 Å². The average Bonchev–Trinajstić information content (AvgIpc) is 2.37. The monoisotopic (exact) mass is 284 g/mol. The summed E-state index contributed by atoms with van der Waals surface area (Å²) in [4.78, 5) is 44.2. The molecule has 100 valence electrons. The first-order chi connectivity index (χ1) is 8.79. The van der Waals surface area contributed by atoms with Crippen LogP contribution in [0.25, 0.3) is 0 Å². The van der Waals surface area contributed by atoms with Gasteiger partial charge in [-0.15, -0.1) is 0 Å². The fraction of sp³-hybridized carbons (Fsp3) is 0.200. The van der Waals surface area contributed by atoms with Crippen molar-refractivity contribution in [3.05, 3.63) is 24.3 Å². The van der Waals surface area contributed by atoms with Gasteiger partial charge in [0.25, 0.3) is 5.97 Å². The Labute approximate surface area is 112 Å². The quantitative estimate of drug-likeness (QED) is 0.547. The maximum atomic E-state index is 11.4. The molecule has 9 heteroatoms. The first-order valence-corrected chi connectivity index (χ1v) is 6.40. The zero-order chi connectivity index (χ0) is 14.6. The van der Waals surface area contributed by atoms with E-state index in [1.807, 2.05) is 0 Å². The minimum Gasteiger partial charge on any atom is -0.551 e. The van der Waals surface area contributed by atoms with Gasteiger partial charge in [0, 0.05) is 11.1 Å². The number of hydrogen-bond acceptors (Lipinski definition) is 7. The Balaban J connectivity index is 2.65. The molecule has 0 atom stereocenters. The molecule has 0 aromatic rings. The van der Waals surface area contributed by atoms with E-state index in [1.54, 1.807) is 0 Å². The second-order valence-electron chi connectivity index (χ2n) is 3.54. The molecule has 0 aromatic heterocycles. The van der Waals surface area contributed by atoms with E-state index in [9.17, 15) is 19.2 Å². The average molecular weight is 284 g/mol. The maximum Gasteiger partial charge on any atom is 1.20 e. The van der Waals surface area contributed by atoms with Crippen LogP contribution in [-0.2, 0) is 30.5 Å². The summed E-state index contributed by atoms with van der Waals surface area (Å²) in [5.41, 5.74) is -0.462. The molecule has 0 spiro atoms. The smallest absolute Gasteiger partial charge is 0.551 e. The van der Waals surface area contributed by atoms with Crippen molar-refractivity contribution in [1.29, 1.82) is 0 Å². The number of aliphatic carboxylic acids is 1. The van der Waals surface area contributed by atoms with Gasteiger partial charge in [-0.3, -0.25) is 19.2 Å². The van der Waals surface area contributed by atoms with Crippen molar-refractivity contribution in [2.45, 2.75) is 12.8 Å². The molecule has 1 heterocycles. The number of hydrogen-bond donors (Lipinski definition) is 1. The summed E-state index contributed by atoms with van der Waals surface area (Å²) in [6.45, 7) is 6.51. The van der Waals surface area contributed by atoms with Crippen LogP contribution in [0.2, 0.25) is 0 Å². The number of carboxylic acids is 1. The van der Waals surface area contributed by atoms with Crippen molar-refractivity contribution < 1.29 is 35.7 Å². The number of carboxylic acid groups (broad SMARTS) is 1. The summed E-state index contributed by atoms with van der Waals surface area (Å²) in [6.07, 6.45) is -0.982. The Morgan fingerprint density at radius 2 is 2.00 bits per heavy atom. The van der Waals surface area contributed by atoms with Crippen molar-refractivity contribution in [3.63, 3.8) is 0 Å². The lowest BCUT2D eigenvalue weighted by molar-refractivity contribution is -0.144. The first-order valence-electron chi connectivity index (χ1n) is 4.98. The predicted molar refractivity (Wildman–Crippen MR) is 59.2 cm³/mol. The minimum atomic E-state index is -3.35. The van der Waals surface area contributed by atoms with E-state index >= 15 is 0 Å². The van der Waals surface area contributed by atoms with E-state index in [-0.39, 0.29) is 17.6 Å². The number of rotatable bonds is 4. The van der Waals surface area contributed by atoms with Gasteiger partial charge in [0.2, 0.25) is 0 Å². The second kappa shape index (κ2) is 6.17. The predicted octanol–water partition coefficient (Wildman–Crippen LogP) is -0.408. The molecular formula is C10H9AlO8. The lowest BCUT2D eigenvalue weighted by Crippen LogP contribution is -2.32. The van der Waals surface area contributed by atoms with Crippen LogP contribution in [-0.4, -0.2) is 44.1 Å². The molecule has 0 aromatic carbocycles. The molecule has 0 bridgehead atoms. The van der Waals surface area contributed by atoms with Gasteiger partial charge in [0.15, 0.2) is 0 Å². The normalized spacial score (nSPS) is 15.2. The summed E-state index contributed by atoms with van der Waals surface area (Å²) in [7, 11) is 0. The third-order valence-corrected chi connectivity index (χ3v) is 3.20. The summed E-state index contributed by atoms with van der Waals surface area (Å²) in [5, 5.41) is 8.46. The number of carbonyl (C=O) groups is 4. The van der Waals surface area contributed by atoms with E-state index in [0.29, 0.717) is 0 Å². The summed E-state index contributed by atoms with van der Waals surface area (Å²) >= 11 is -3.35. The van der Waals surface area contributed by atoms with Gasteiger partial charge in [0.1, 0.15) is 0 Å². The van der Waals surface area contributed by atoms with Crippen molar-refractivity contribution in [1.82, 2.24) is 0 Å². The van der Waals surface area contributed by atoms with Crippen LogP contribution < -0.4 is 0 Å². The molecule has 1 fully saturated rings. The largest absolute Gasteiger partial charge is 1.20 e. The third kappa shape index (κ3) is 4.58. The Morgan fingerprint density at radius 1 is 1.37 bits per heavy atom. The van der Waals surface area contributed by atoms with Gasteiger partial charge in [-0.05, 0) is 0 Å². The summed E-state index contributed by atoms with van der Waals surface area (Å²) in [6, 6.07) is 0. The van der Waals surface area contributed by atoms with Gasteiger partial charge in [-0.1, -0.05) is 13.2 Å². The SMILES string of the molecule is C=C(CC(=O)O)C(=O)[O][Al]1[O]C(=O)CC(=C)C(=O)[O]1. The zero-order valence-corrected chi connectivity index (χ0v) is 10.9. The van der Waals surface area contributed by atoms with Crippen LogP contribution in [0, 0.1) is 0 Å². The summed E-state index contributed by atoms with van der Waals surface area (Å²) < 4.78 is 13.9. The van der Waals surface area contributed by atoms with Gasteiger partial charge >= 0.3 is 33.1 Å². The molecule has 1 rings (SSSR count). The molecular weight excluding hydrogens is 275 g/mol. The Bertz CT molecular complexity index is 480. The van der Waals surface area contributed by atoms with Gasteiger partial charge in [0.05, 0.1) is 12.8 Å². The Hall–Kier alpha value is -2.11. The lowest BCUT2D eigenvalue weighted by Gasteiger charge is -2.10. The van der Waals surface area contributed by atoms with Crippen LogP contribution >= 0.6 is 0 Å². The minimum absolute atomic E-state index is 0.111. The van der Waals surface area contributed by atoms with Crippen LogP contribution in [0.1, 0.15) is 12.8 Å². The Morgan fingerprint density at radius 3 is 2.58 bits per heavy atom. The lowest BCUT2D eigenvalue weighted by atomic mass is 10.2. The second-order valence-corrected chi connectivity index (χ2v) is 4.83. The zero-order valence-electron chi connectivity index (χ0n) is 9.71. The van der Waals surface area contributed by atoms with E-state index in [4.69, 9.17) is 5.11 Å². The molecule has 19 heavy (non-hydrogen) atoms. The van der Waals surface area contributed by atoms with Crippen LogP contribution in [0.15, 0.2) is 24.3 Å². The van der Waals surface area contributed by atoms with Crippen molar-refractivity contribution >= 4 is 39.0 Å². The highest BCUT2D eigenvalue weighted by Crippen LogP contribution is 2.13. The molecule has 0 saturated carbocycles. The highest BCUT2D eigenvalue weighted by Gasteiger charge is 2.51. The third-order valence-electron chi connectivity index (χ3n) is 1.93. The fourth-order valence-corrected chi connectivity index (χ4v) is 2.19. The highest BCUT2D eigenvalue weighted by atomic mass is 27.3. The first kappa shape index (κ1) is 15.0. The molecule has 0 unspecified atom stereocenters. The highest BCUT2D eigenvalue weighted by molar-refractivity contribution is 6.46. The van der Waals surface area contributed by atoms with E-state index in [0.717, 1.165) is 0 Å². The number of carbonyl (C=O) groups excluding carboxylic acids is 3. The van der Waals surface area contributed by atoms with E-state index in [1.165, 1.54) is 0 Å². The van der Waals surface area contributed by atoms with Crippen LogP contribution in [0.5, 0.6) is 0 Å². The molecule has 1 N–H and O–H groups in total. The van der Waals surface area contributed by atoms with Crippen molar-refractivity contribution in [3.8, 4) is 0 Å². The molecule has 8 nitrogen and oxygen atoms in total. The van der Waals surface area contributed by atoms with Crippen LogP contribution in [0.4, 0.5) is 0 Å². The topological polar surface area (TPSA) is 116 Å².